The van der Waals surface area contributed by atoms with Crippen molar-refractivity contribution < 1.29 is 4.74 Å². The summed E-state index contributed by atoms with van der Waals surface area (Å²) < 4.78 is 7.20. The number of hydrogen-bond acceptors (Lipinski definition) is 3. The molecule has 0 aliphatic rings. The molecule has 0 radical (unpaired) electrons. The number of nitrogens with zero attached hydrogens (tertiary/aromatic N) is 3. The van der Waals surface area contributed by atoms with Gasteiger partial charge in [-0.25, -0.2) is 0 Å². The lowest BCUT2D eigenvalue weighted by Gasteiger charge is -2.06. The quantitative estimate of drug-likeness (QED) is 0.685. The molecule has 0 unspecified atom stereocenters. The lowest BCUT2D eigenvalue weighted by molar-refractivity contribution is 0.116. The Bertz CT molecular complexity index is 262. The van der Waals surface area contributed by atoms with Gasteiger partial charge in [-0.05, 0) is 23.9 Å². The molecule has 0 saturated carbocycles. The van der Waals surface area contributed by atoms with E-state index in [0.717, 1.165) is 13.0 Å². The fraction of sp³-hybridized carbons (Fsp3) is 0.778. The Balaban J connectivity index is 2.08. The molecule has 0 bridgehead atoms. The van der Waals surface area contributed by atoms with Crippen molar-refractivity contribution >= 4 is 11.6 Å². The highest BCUT2D eigenvalue weighted by Gasteiger charge is 1.99. The minimum absolute atomic E-state index is 0.414. The van der Waals surface area contributed by atoms with E-state index < -0.39 is 0 Å². The van der Waals surface area contributed by atoms with Crippen molar-refractivity contribution in [3.8, 4) is 0 Å². The van der Waals surface area contributed by atoms with Crippen LogP contribution in [0.15, 0.2) is 6.33 Å². The molecule has 1 aromatic rings. The summed E-state index contributed by atoms with van der Waals surface area (Å²) in [6.07, 6.45) is 2.70. The zero-order valence-electron chi connectivity index (χ0n) is 8.61. The van der Waals surface area contributed by atoms with Gasteiger partial charge in [-0.3, -0.25) is 0 Å². The normalized spacial score (nSPS) is 11.1. The zero-order chi connectivity index (χ0) is 10.4. The minimum Gasteiger partial charge on any atom is -0.380 e. The summed E-state index contributed by atoms with van der Waals surface area (Å²) in [5.41, 5.74) is 0. The molecule has 0 fully saturated rings. The maximum Gasteiger partial charge on any atom is 0.224 e. The molecule has 0 amide bonds. The van der Waals surface area contributed by atoms with Gasteiger partial charge in [-0.2, -0.15) is 0 Å². The largest absolute Gasteiger partial charge is 0.380 e. The summed E-state index contributed by atoms with van der Waals surface area (Å²) in [5.74, 6) is 0.688. The van der Waals surface area contributed by atoms with Gasteiger partial charge in [0.05, 0.1) is 6.61 Å². The van der Waals surface area contributed by atoms with Gasteiger partial charge in [-0.1, -0.05) is 13.8 Å². The van der Waals surface area contributed by atoms with Gasteiger partial charge in [0.2, 0.25) is 5.28 Å². The van der Waals surface area contributed by atoms with Gasteiger partial charge in [0.1, 0.15) is 6.33 Å². The fourth-order valence-electron chi connectivity index (χ4n) is 0.975. The maximum absolute atomic E-state index is 5.74. The molecule has 0 atom stereocenters. The molecule has 1 aromatic heterocycles. The Morgan fingerprint density at radius 1 is 1.50 bits per heavy atom. The SMILES string of the molecule is CC(C)CCOCCn1cnnc1Cl. The molecule has 0 aliphatic heterocycles. The second kappa shape index (κ2) is 5.98. The average Bonchev–Trinajstić information content (AvgIpc) is 2.51. The van der Waals surface area contributed by atoms with Crippen molar-refractivity contribution in [2.75, 3.05) is 13.2 Å². The molecule has 0 saturated heterocycles. The van der Waals surface area contributed by atoms with Crippen LogP contribution in [0.25, 0.3) is 0 Å². The van der Waals surface area contributed by atoms with Gasteiger partial charge in [-0.15, -0.1) is 10.2 Å². The Morgan fingerprint density at radius 2 is 2.29 bits per heavy atom. The summed E-state index contributed by atoms with van der Waals surface area (Å²) in [6.45, 7) is 6.53. The molecule has 80 valence electrons. The van der Waals surface area contributed by atoms with Gasteiger partial charge in [0.25, 0.3) is 0 Å². The van der Waals surface area contributed by atoms with Crippen LogP contribution in [0.2, 0.25) is 5.28 Å². The molecule has 4 nitrogen and oxygen atoms in total. The average molecular weight is 218 g/mol. The Hall–Kier alpha value is -0.610. The van der Waals surface area contributed by atoms with E-state index in [1.807, 2.05) is 0 Å². The molecular formula is C9H16ClN3O. The topological polar surface area (TPSA) is 39.9 Å². The molecular weight excluding hydrogens is 202 g/mol. The van der Waals surface area contributed by atoms with Crippen molar-refractivity contribution in [1.82, 2.24) is 14.8 Å². The minimum atomic E-state index is 0.414. The van der Waals surface area contributed by atoms with Crippen molar-refractivity contribution in [1.29, 1.82) is 0 Å². The molecule has 0 N–H and O–H groups in total. The standard InChI is InChI=1S/C9H16ClN3O/c1-8(2)3-5-14-6-4-13-7-11-12-9(13)10/h7-8H,3-6H2,1-2H3. The van der Waals surface area contributed by atoms with Gasteiger partial charge < -0.3 is 9.30 Å². The van der Waals surface area contributed by atoms with Crippen LogP contribution in [0.3, 0.4) is 0 Å². The van der Waals surface area contributed by atoms with E-state index in [0.29, 0.717) is 24.4 Å². The van der Waals surface area contributed by atoms with E-state index in [9.17, 15) is 0 Å². The van der Waals surface area contributed by atoms with E-state index in [4.69, 9.17) is 16.3 Å². The fourth-order valence-corrected chi connectivity index (χ4v) is 1.15. The van der Waals surface area contributed by atoms with Crippen LogP contribution in [0.5, 0.6) is 0 Å². The molecule has 14 heavy (non-hydrogen) atoms. The first-order chi connectivity index (χ1) is 6.70. The van der Waals surface area contributed by atoms with Crippen LogP contribution in [0, 0.1) is 5.92 Å². The van der Waals surface area contributed by atoms with Crippen LogP contribution in [0.1, 0.15) is 20.3 Å². The van der Waals surface area contributed by atoms with E-state index >= 15 is 0 Å². The maximum atomic E-state index is 5.74. The van der Waals surface area contributed by atoms with E-state index in [-0.39, 0.29) is 0 Å². The summed E-state index contributed by atoms with van der Waals surface area (Å²) >= 11 is 5.74. The predicted octanol–water partition coefficient (Wildman–Crippen LogP) is 1.99. The number of rotatable bonds is 6. The summed E-state index contributed by atoms with van der Waals surface area (Å²) in [7, 11) is 0. The van der Waals surface area contributed by atoms with Crippen molar-refractivity contribution in [3.05, 3.63) is 11.6 Å². The molecule has 0 aromatic carbocycles. The van der Waals surface area contributed by atoms with Gasteiger partial charge >= 0.3 is 0 Å². The zero-order valence-corrected chi connectivity index (χ0v) is 9.37. The monoisotopic (exact) mass is 217 g/mol. The highest BCUT2D eigenvalue weighted by atomic mass is 35.5. The van der Waals surface area contributed by atoms with Crippen molar-refractivity contribution in [3.63, 3.8) is 0 Å². The summed E-state index contributed by atoms with van der Waals surface area (Å²) in [5, 5.41) is 7.76. The third-order valence-electron chi connectivity index (χ3n) is 1.88. The molecule has 0 spiro atoms. The Labute approximate surface area is 89.2 Å². The lowest BCUT2D eigenvalue weighted by Crippen LogP contribution is -2.07. The number of halogens is 1. The van der Waals surface area contributed by atoms with Gasteiger partial charge in [0, 0.05) is 13.2 Å². The molecule has 1 rings (SSSR count). The third-order valence-corrected chi connectivity index (χ3v) is 2.18. The first-order valence-corrected chi connectivity index (χ1v) is 5.19. The van der Waals surface area contributed by atoms with Crippen LogP contribution in [0.4, 0.5) is 0 Å². The van der Waals surface area contributed by atoms with Crippen LogP contribution >= 0.6 is 11.6 Å². The summed E-state index contributed by atoms with van der Waals surface area (Å²) in [4.78, 5) is 0. The molecule has 1 heterocycles. The van der Waals surface area contributed by atoms with Crippen molar-refractivity contribution in [2.45, 2.75) is 26.8 Å². The number of hydrogen-bond donors (Lipinski definition) is 0. The smallest absolute Gasteiger partial charge is 0.224 e. The van der Waals surface area contributed by atoms with E-state index in [2.05, 4.69) is 24.0 Å². The Morgan fingerprint density at radius 3 is 2.86 bits per heavy atom. The molecule has 5 heteroatoms. The second-order valence-electron chi connectivity index (χ2n) is 3.59. The Kier molecular flexibility index (Phi) is 4.90. The van der Waals surface area contributed by atoms with Crippen LogP contribution in [-0.4, -0.2) is 28.0 Å². The van der Waals surface area contributed by atoms with E-state index in [1.165, 1.54) is 0 Å². The third kappa shape index (κ3) is 4.07. The van der Waals surface area contributed by atoms with Crippen LogP contribution in [-0.2, 0) is 11.3 Å². The van der Waals surface area contributed by atoms with Crippen molar-refractivity contribution in [2.24, 2.45) is 5.92 Å². The van der Waals surface area contributed by atoms with Crippen LogP contribution < -0.4 is 0 Å². The summed E-state index contributed by atoms with van der Waals surface area (Å²) in [6, 6.07) is 0. The highest BCUT2D eigenvalue weighted by molar-refractivity contribution is 6.28. The highest BCUT2D eigenvalue weighted by Crippen LogP contribution is 2.02. The van der Waals surface area contributed by atoms with Gasteiger partial charge in [0.15, 0.2) is 0 Å². The predicted molar refractivity (Wildman–Crippen MR) is 55.3 cm³/mol. The first-order valence-electron chi connectivity index (χ1n) is 4.81. The number of aromatic nitrogens is 3. The van der Waals surface area contributed by atoms with E-state index in [1.54, 1.807) is 10.9 Å². The second-order valence-corrected chi connectivity index (χ2v) is 3.93. The first kappa shape index (κ1) is 11.5. The number of ether oxygens (including phenoxy) is 1. The molecule has 0 aliphatic carbocycles. The lowest BCUT2D eigenvalue weighted by atomic mass is 10.1.